The van der Waals surface area contributed by atoms with Gasteiger partial charge in [-0.1, -0.05) is 48.5 Å². The van der Waals surface area contributed by atoms with Gasteiger partial charge in [-0.3, -0.25) is 20.4 Å². The molecule has 0 atom stereocenters. The average Bonchev–Trinajstić information content (AvgIpc) is 2.72. The van der Waals surface area contributed by atoms with Crippen molar-refractivity contribution in [1.29, 1.82) is 0 Å². The molecule has 0 fully saturated rings. The van der Waals surface area contributed by atoms with E-state index >= 15 is 0 Å². The molecule has 0 aromatic heterocycles. The predicted molar refractivity (Wildman–Crippen MR) is 106 cm³/mol. The lowest BCUT2D eigenvalue weighted by Gasteiger charge is -2.11. The van der Waals surface area contributed by atoms with Gasteiger partial charge in [-0.25, -0.2) is 8.42 Å². The van der Waals surface area contributed by atoms with Gasteiger partial charge in [-0.2, -0.15) is 0 Å². The van der Waals surface area contributed by atoms with Crippen LogP contribution in [0.3, 0.4) is 0 Å². The molecule has 142 valence electrons. The van der Waals surface area contributed by atoms with Gasteiger partial charge in [0.25, 0.3) is 11.8 Å². The van der Waals surface area contributed by atoms with Gasteiger partial charge < -0.3 is 0 Å². The Hall–Kier alpha value is -3.45. The second-order valence-corrected chi connectivity index (χ2v) is 8.13. The summed E-state index contributed by atoms with van der Waals surface area (Å²) in [7, 11) is -3.34. The number of benzene rings is 3. The van der Waals surface area contributed by atoms with Gasteiger partial charge in [0.1, 0.15) is 0 Å². The highest BCUT2D eigenvalue weighted by Crippen LogP contribution is 2.23. The van der Waals surface area contributed by atoms with Crippen LogP contribution in [0.2, 0.25) is 0 Å². The topological polar surface area (TPSA) is 92.3 Å². The van der Waals surface area contributed by atoms with Crippen molar-refractivity contribution in [2.24, 2.45) is 0 Å². The van der Waals surface area contributed by atoms with Crippen LogP contribution < -0.4 is 10.9 Å². The van der Waals surface area contributed by atoms with E-state index in [4.69, 9.17) is 0 Å². The quantitative estimate of drug-likeness (QED) is 0.666. The molecule has 0 aliphatic carbocycles. The minimum absolute atomic E-state index is 0.116. The summed E-state index contributed by atoms with van der Waals surface area (Å²) in [6, 6.07) is 22.0. The van der Waals surface area contributed by atoms with E-state index in [9.17, 15) is 18.0 Å². The Kier molecular flexibility index (Phi) is 5.56. The zero-order chi connectivity index (χ0) is 20.1. The number of hydrogen-bond acceptors (Lipinski definition) is 4. The van der Waals surface area contributed by atoms with Crippen molar-refractivity contribution >= 4 is 21.7 Å². The van der Waals surface area contributed by atoms with Crippen LogP contribution in [0.15, 0.2) is 83.8 Å². The summed E-state index contributed by atoms with van der Waals surface area (Å²) in [6.07, 6.45) is 1.09. The lowest BCUT2D eigenvalue weighted by molar-refractivity contribution is 0.0847. The van der Waals surface area contributed by atoms with E-state index in [-0.39, 0.29) is 10.5 Å². The fourth-order valence-corrected chi connectivity index (χ4v) is 3.29. The normalized spacial score (nSPS) is 10.9. The maximum absolute atomic E-state index is 12.6. The summed E-state index contributed by atoms with van der Waals surface area (Å²) in [5.41, 5.74) is 7.01. The number of nitrogens with one attached hydrogen (secondary N) is 2. The van der Waals surface area contributed by atoms with E-state index in [0.717, 1.165) is 17.4 Å². The first-order valence-electron chi connectivity index (χ1n) is 8.41. The van der Waals surface area contributed by atoms with E-state index in [1.54, 1.807) is 12.1 Å². The molecule has 28 heavy (non-hydrogen) atoms. The second-order valence-electron chi connectivity index (χ2n) is 6.12. The molecule has 0 bridgehead atoms. The van der Waals surface area contributed by atoms with Crippen molar-refractivity contribution in [3.05, 3.63) is 90.0 Å². The van der Waals surface area contributed by atoms with Crippen molar-refractivity contribution in [3.63, 3.8) is 0 Å². The number of carbonyl (C=O) groups excluding carboxylic acids is 2. The molecule has 7 heteroatoms. The van der Waals surface area contributed by atoms with Crippen LogP contribution in [-0.2, 0) is 9.84 Å². The third kappa shape index (κ3) is 4.44. The van der Waals surface area contributed by atoms with Crippen molar-refractivity contribution in [2.45, 2.75) is 4.90 Å². The van der Waals surface area contributed by atoms with Gasteiger partial charge in [-0.05, 0) is 41.5 Å². The Morgan fingerprint density at radius 2 is 1.29 bits per heavy atom. The first-order valence-corrected chi connectivity index (χ1v) is 10.3. The summed E-state index contributed by atoms with van der Waals surface area (Å²) < 4.78 is 23.0. The van der Waals surface area contributed by atoms with Gasteiger partial charge in [0, 0.05) is 17.4 Å². The van der Waals surface area contributed by atoms with Crippen LogP contribution in [0.1, 0.15) is 20.7 Å². The van der Waals surface area contributed by atoms with E-state index < -0.39 is 21.7 Å². The summed E-state index contributed by atoms with van der Waals surface area (Å²) in [5.74, 6) is -1.01. The number of hydrogen-bond donors (Lipinski definition) is 2. The van der Waals surface area contributed by atoms with Crippen molar-refractivity contribution in [1.82, 2.24) is 10.9 Å². The molecule has 0 saturated heterocycles. The first kappa shape index (κ1) is 19.3. The smallest absolute Gasteiger partial charge is 0.267 e. The molecular weight excluding hydrogens is 376 g/mol. The largest absolute Gasteiger partial charge is 0.270 e. The summed E-state index contributed by atoms with van der Waals surface area (Å²) >= 11 is 0. The molecular formula is C21H18N2O4S. The zero-order valence-corrected chi connectivity index (χ0v) is 15.9. The molecule has 0 aliphatic rings. The highest BCUT2D eigenvalue weighted by atomic mass is 32.2. The Morgan fingerprint density at radius 3 is 1.93 bits per heavy atom. The number of sulfone groups is 1. The lowest BCUT2D eigenvalue weighted by Crippen LogP contribution is -2.41. The standard InChI is InChI=1S/C21H18N2O4S/c1-28(26,27)17-13-11-16(12-14-17)20(24)22-23-21(25)19-10-6-5-9-18(19)15-7-3-2-4-8-15/h2-14H,1H3,(H,22,24)(H,23,25). The van der Waals surface area contributed by atoms with Gasteiger partial charge >= 0.3 is 0 Å². The van der Waals surface area contributed by atoms with Crippen molar-refractivity contribution in [2.75, 3.05) is 6.26 Å². The van der Waals surface area contributed by atoms with Crippen molar-refractivity contribution < 1.29 is 18.0 Å². The lowest BCUT2D eigenvalue weighted by atomic mass is 9.99. The Labute approximate surface area is 163 Å². The number of amides is 2. The van der Waals surface area contributed by atoms with Crippen LogP contribution in [-0.4, -0.2) is 26.5 Å². The van der Waals surface area contributed by atoms with Gasteiger partial charge in [0.15, 0.2) is 9.84 Å². The minimum Gasteiger partial charge on any atom is -0.267 e. The van der Waals surface area contributed by atoms with Gasteiger partial charge in [-0.15, -0.1) is 0 Å². The third-order valence-electron chi connectivity index (χ3n) is 4.09. The van der Waals surface area contributed by atoms with Gasteiger partial charge in [0.05, 0.1) is 4.90 Å². The van der Waals surface area contributed by atoms with E-state index in [1.807, 2.05) is 42.5 Å². The molecule has 3 rings (SSSR count). The first-order chi connectivity index (χ1) is 13.4. The van der Waals surface area contributed by atoms with Gasteiger partial charge in [0.2, 0.25) is 0 Å². The third-order valence-corrected chi connectivity index (χ3v) is 5.22. The SMILES string of the molecule is CS(=O)(=O)c1ccc(C(=O)NNC(=O)c2ccccc2-c2ccccc2)cc1. The van der Waals surface area contributed by atoms with E-state index in [2.05, 4.69) is 10.9 Å². The summed E-state index contributed by atoms with van der Waals surface area (Å²) in [4.78, 5) is 24.9. The van der Waals surface area contributed by atoms with Crippen LogP contribution in [0.5, 0.6) is 0 Å². The van der Waals surface area contributed by atoms with E-state index in [1.165, 1.54) is 24.3 Å². The van der Waals surface area contributed by atoms with Crippen LogP contribution >= 0.6 is 0 Å². The maximum Gasteiger partial charge on any atom is 0.270 e. The second kappa shape index (κ2) is 8.06. The fourth-order valence-electron chi connectivity index (χ4n) is 2.66. The highest BCUT2D eigenvalue weighted by Gasteiger charge is 2.14. The Morgan fingerprint density at radius 1 is 0.714 bits per heavy atom. The Bertz CT molecular complexity index is 1110. The molecule has 0 radical (unpaired) electrons. The number of rotatable bonds is 4. The molecule has 2 N–H and O–H groups in total. The summed E-state index contributed by atoms with van der Waals surface area (Å²) in [6.45, 7) is 0. The molecule has 0 unspecified atom stereocenters. The summed E-state index contributed by atoms with van der Waals surface area (Å²) in [5, 5.41) is 0. The molecule has 3 aromatic carbocycles. The molecule has 2 amide bonds. The monoisotopic (exact) mass is 394 g/mol. The molecule has 6 nitrogen and oxygen atoms in total. The molecule has 0 spiro atoms. The van der Waals surface area contributed by atoms with Crippen LogP contribution in [0, 0.1) is 0 Å². The molecule has 0 heterocycles. The number of carbonyl (C=O) groups is 2. The van der Waals surface area contributed by atoms with Crippen molar-refractivity contribution in [3.8, 4) is 11.1 Å². The average molecular weight is 394 g/mol. The van der Waals surface area contributed by atoms with E-state index in [0.29, 0.717) is 5.56 Å². The maximum atomic E-state index is 12.6. The minimum atomic E-state index is -3.34. The van der Waals surface area contributed by atoms with Crippen LogP contribution in [0.25, 0.3) is 11.1 Å². The predicted octanol–water partition coefficient (Wildman–Crippen LogP) is 2.83. The number of hydrazine groups is 1. The fraction of sp³-hybridized carbons (Fsp3) is 0.0476. The molecule has 0 aliphatic heterocycles. The Balaban J connectivity index is 1.72. The zero-order valence-electron chi connectivity index (χ0n) is 15.0. The molecule has 0 saturated carbocycles. The molecule has 3 aromatic rings. The highest BCUT2D eigenvalue weighted by molar-refractivity contribution is 7.90. The van der Waals surface area contributed by atoms with Crippen LogP contribution in [0.4, 0.5) is 0 Å².